The van der Waals surface area contributed by atoms with Gasteiger partial charge in [-0.25, -0.2) is 8.42 Å². The molecule has 138 valence electrons. The molecular formula is C17H25N3O4S. The summed E-state index contributed by atoms with van der Waals surface area (Å²) in [6.07, 6.45) is 0. The van der Waals surface area contributed by atoms with E-state index in [1.165, 1.54) is 35.5 Å². The van der Waals surface area contributed by atoms with E-state index in [1.54, 1.807) is 0 Å². The molecule has 1 aliphatic rings. The Kier molecular flexibility index (Phi) is 6.31. The number of piperazine rings is 1. The largest absolute Gasteiger partial charge is 0.355 e. The van der Waals surface area contributed by atoms with E-state index in [-0.39, 0.29) is 22.6 Å². The number of benzene rings is 1. The zero-order valence-electron chi connectivity index (χ0n) is 14.9. The lowest BCUT2D eigenvalue weighted by atomic mass is 10.2. The van der Waals surface area contributed by atoms with Gasteiger partial charge in [0.15, 0.2) is 5.78 Å². The summed E-state index contributed by atoms with van der Waals surface area (Å²) in [5.74, 6) is -0.143. The lowest BCUT2D eigenvalue weighted by Crippen LogP contribution is -2.54. The Morgan fingerprint density at radius 2 is 1.68 bits per heavy atom. The molecule has 0 unspecified atom stereocenters. The van der Waals surface area contributed by atoms with Crippen LogP contribution in [0.2, 0.25) is 0 Å². The van der Waals surface area contributed by atoms with Crippen molar-refractivity contribution in [2.24, 2.45) is 0 Å². The lowest BCUT2D eigenvalue weighted by Gasteiger charge is -2.36. The summed E-state index contributed by atoms with van der Waals surface area (Å²) in [6.45, 7) is 7.39. The van der Waals surface area contributed by atoms with E-state index in [0.717, 1.165) is 0 Å². The molecule has 2 rings (SSSR count). The Labute approximate surface area is 149 Å². The highest BCUT2D eigenvalue weighted by Crippen LogP contribution is 2.19. The molecule has 0 bridgehead atoms. The van der Waals surface area contributed by atoms with E-state index in [4.69, 9.17) is 0 Å². The van der Waals surface area contributed by atoms with Crippen molar-refractivity contribution in [2.45, 2.75) is 31.7 Å². The monoisotopic (exact) mass is 367 g/mol. The van der Waals surface area contributed by atoms with Crippen LogP contribution in [-0.2, 0) is 14.8 Å². The van der Waals surface area contributed by atoms with E-state index in [0.29, 0.717) is 38.3 Å². The van der Waals surface area contributed by atoms with Crippen molar-refractivity contribution >= 4 is 21.7 Å². The molecule has 1 atom stereocenters. The van der Waals surface area contributed by atoms with Gasteiger partial charge in [0.25, 0.3) is 0 Å². The van der Waals surface area contributed by atoms with Gasteiger partial charge in [-0.2, -0.15) is 4.31 Å². The molecule has 1 fully saturated rings. The van der Waals surface area contributed by atoms with Gasteiger partial charge in [-0.15, -0.1) is 0 Å². The van der Waals surface area contributed by atoms with Crippen LogP contribution in [0.25, 0.3) is 0 Å². The number of hydrogen-bond donors (Lipinski definition) is 1. The molecular weight excluding hydrogens is 342 g/mol. The predicted molar refractivity (Wildman–Crippen MR) is 94.9 cm³/mol. The highest BCUT2D eigenvalue weighted by molar-refractivity contribution is 7.89. The highest BCUT2D eigenvalue weighted by atomic mass is 32.2. The number of nitrogens with zero attached hydrogens (tertiary/aromatic N) is 2. The number of likely N-dealkylation sites (N-methyl/N-ethyl adjacent to an activating group) is 1. The first kappa shape index (κ1) is 19.6. The molecule has 0 aliphatic carbocycles. The molecule has 8 heteroatoms. The van der Waals surface area contributed by atoms with Gasteiger partial charge in [-0.05, 0) is 32.9 Å². The number of carbonyl (C=O) groups is 2. The van der Waals surface area contributed by atoms with Gasteiger partial charge in [-0.3, -0.25) is 14.5 Å². The van der Waals surface area contributed by atoms with Gasteiger partial charge in [-0.1, -0.05) is 12.1 Å². The van der Waals surface area contributed by atoms with Crippen molar-refractivity contribution in [3.8, 4) is 0 Å². The quantitative estimate of drug-likeness (QED) is 0.749. The second-order valence-electron chi connectivity index (χ2n) is 6.09. The number of ketones is 1. The zero-order chi connectivity index (χ0) is 18.6. The first-order valence-electron chi connectivity index (χ1n) is 8.40. The number of Topliss-reactive ketones (excluding diaryl/α,β-unsaturated/α-hetero) is 1. The Morgan fingerprint density at radius 3 is 2.16 bits per heavy atom. The second-order valence-corrected chi connectivity index (χ2v) is 8.03. The maximum Gasteiger partial charge on any atom is 0.243 e. The summed E-state index contributed by atoms with van der Waals surface area (Å²) in [6, 6.07) is 5.72. The van der Waals surface area contributed by atoms with Gasteiger partial charge >= 0.3 is 0 Å². The molecule has 1 aliphatic heterocycles. The van der Waals surface area contributed by atoms with Crippen molar-refractivity contribution in [2.75, 3.05) is 32.7 Å². The van der Waals surface area contributed by atoms with E-state index in [2.05, 4.69) is 5.32 Å². The molecule has 0 aromatic heterocycles. The zero-order valence-corrected chi connectivity index (χ0v) is 15.7. The fraction of sp³-hybridized carbons (Fsp3) is 0.529. The van der Waals surface area contributed by atoms with Crippen LogP contribution in [-0.4, -0.2) is 68.1 Å². The van der Waals surface area contributed by atoms with Crippen LogP contribution in [0, 0.1) is 0 Å². The fourth-order valence-corrected chi connectivity index (χ4v) is 4.25. The Morgan fingerprint density at radius 1 is 1.12 bits per heavy atom. The normalized spacial score (nSPS) is 17.9. The number of amides is 1. The van der Waals surface area contributed by atoms with Crippen LogP contribution >= 0.6 is 0 Å². The minimum atomic E-state index is -3.59. The minimum absolute atomic E-state index is 0.0429. The minimum Gasteiger partial charge on any atom is -0.355 e. The van der Waals surface area contributed by atoms with Crippen molar-refractivity contribution in [3.05, 3.63) is 29.8 Å². The van der Waals surface area contributed by atoms with Crippen molar-refractivity contribution in [1.29, 1.82) is 0 Å². The first-order valence-corrected chi connectivity index (χ1v) is 9.84. The van der Waals surface area contributed by atoms with Crippen molar-refractivity contribution < 1.29 is 18.0 Å². The molecule has 1 saturated heterocycles. The average Bonchev–Trinajstić information content (AvgIpc) is 2.61. The van der Waals surface area contributed by atoms with Gasteiger partial charge < -0.3 is 5.32 Å². The average molecular weight is 367 g/mol. The van der Waals surface area contributed by atoms with Crippen LogP contribution in [0.1, 0.15) is 31.1 Å². The maximum absolute atomic E-state index is 12.7. The summed E-state index contributed by atoms with van der Waals surface area (Å²) in [5.41, 5.74) is 0.486. The van der Waals surface area contributed by atoms with Crippen LogP contribution in [0.4, 0.5) is 0 Å². The second kappa shape index (κ2) is 8.07. The van der Waals surface area contributed by atoms with Crippen molar-refractivity contribution in [3.63, 3.8) is 0 Å². The van der Waals surface area contributed by atoms with Gasteiger partial charge in [0.2, 0.25) is 15.9 Å². The fourth-order valence-electron chi connectivity index (χ4n) is 2.83. The lowest BCUT2D eigenvalue weighted by molar-refractivity contribution is -0.126. The molecule has 7 nitrogen and oxygen atoms in total. The van der Waals surface area contributed by atoms with E-state index < -0.39 is 10.0 Å². The molecule has 25 heavy (non-hydrogen) atoms. The summed E-state index contributed by atoms with van der Waals surface area (Å²) in [7, 11) is -3.59. The Hall–Kier alpha value is -1.77. The Bertz CT molecular complexity index is 723. The number of hydrogen-bond acceptors (Lipinski definition) is 5. The summed E-state index contributed by atoms with van der Waals surface area (Å²) in [4.78, 5) is 25.4. The van der Waals surface area contributed by atoms with Gasteiger partial charge in [0.05, 0.1) is 10.9 Å². The van der Waals surface area contributed by atoms with E-state index >= 15 is 0 Å². The summed E-state index contributed by atoms with van der Waals surface area (Å²) >= 11 is 0. The predicted octanol–water partition coefficient (Wildman–Crippen LogP) is 0.720. The topological polar surface area (TPSA) is 86.8 Å². The molecule has 1 heterocycles. The third-order valence-electron chi connectivity index (χ3n) is 4.45. The number of sulfonamides is 1. The number of rotatable bonds is 6. The van der Waals surface area contributed by atoms with Crippen LogP contribution in [0.15, 0.2) is 29.2 Å². The molecule has 0 radical (unpaired) electrons. The van der Waals surface area contributed by atoms with E-state index in [9.17, 15) is 18.0 Å². The van der Waals surface area contributed by atoms with Crippen molar-refractivity contribution in [1.82, 2.24) is 14.5 Å². The third kappa shape index (κ3) is 4.45. The summed E-state index contributed by atoms with van der Waals surface area (Å²) < 4.78 is 26.9. The molecule has 1 amide bonds. The van der Waals surface area contributed by atoms with Crippen LogP contribution in [0.5, 0.6) is 0 Å². The highest BCUT2D eigenvalue weighted by Gasteiger charge is 2.31. The standard InChI is InChI=1S/C17H25N3O4S/c1-4-18-17(22)13(2)19-9-11-20(12-10-19)25(23,24)16-7-5-15(6-8-16)14(3)21/h5-8,13H,4,9-12H2,1-3H3,(H,18,22)/t13-/m0/s1. The van der Waals surface area contributed by atoms with Crippen LogP contribution < -0.4 is 5.32 Å². The maximum atomic E-state index is 12.7. The molecule has 1 aromatic rings. The smallest absolute Gasteiger partial charge is 0.243 e. The van der Waals surface area contributed by atoms with Gasteiger partial charge in [0.1, 0.15) is 0 Å². The van der Waals surface area contributed by atoms with Gasteiger partial charge in [0, 0.05) is 38.3 Å². The molecule has 0 saturated carbocycles. The first-order chi connectivity index (χ1) is 11.8. The Balaban J connectivity index is 2.03. The summed E-state index contributed by atoms with van der Waals surface area (Å²) in [5, 5.41) is 2.78. The van der Waals surface area contributed by atoms with E-state index in [1.807, 2.05) is 18.7 Å². The van der Waals surface area contributed by atoms with Crippen LogP contribution in [0.3, 0.4) is 0 Å². The third-order valence-corrected chi connectivity index (χ3v) is 6.36. The number of carbonyl (C=O) groups excluding carboxylic acids is 2. The molecule has 0 spiro atoms. The number of nitrogens with one attached hydrogen (secondary N) is 1. The SMILES string of the molecule is CCNC(=O)[C@H](C)N1CCN(S(=O)(=O)c2ccc(C(C)=O)cc2)CC1. The molecule has 1 aromatic carbocycles. The molecule has 1 N–H and O–H groups in total.